The van der Waals surface area contributed by atoms with Crippen molar-refractivity contribution in [2.75, 3.05) is 12.5 Å². The van der Waals surface area contributed by atoms with Gasteiger partial charge in [0.2, 0.25) is 0 Å². The van der Waals surface area contributed by atoms with Crippen LogP contribution in [0.3, 0.4) is 0 Å². The molecule has 0 saturated heterocycles. The Balaban J connectivity index is 1.83. The largest absolute Gasteiger partial charge is 0.497 e. The van der Waals surface area contributed by atoms with Crippen LogP contribution in [0, 0.1) is 0 Å². The lowest BCUT2D eigenvalue weighted by Crippen LogP contribution is -2.27. The Morgan fingerprint density at radius 2 is 1.32 bits per heavy atom. The van der Waals surface area contributed by atoms with Gasteiger partial charge in [-0.2, -0.15) is 0 Å². The van der Waals surface area contributed by atoms with Crippen molar-refractivity contribution in [2.45, 2.75) is 0 Å². The lowest BCUT2D eigenvalue weighted by molar-refractivity contribution is 0.415. The van der Waals surface area contributed by atoms with E-state index in [9.17, 15) is 4.79 Å². The molecule has 0 radical (unpaired) electrons. The van der Waals surface area contributed by atoms with Crippen molar-refractivity contribution < 1.29 is 4.74 Å². The van der Waals surface area contributed by atoms with Crippen molar-refractivity contribution in [3.63, 3.8) is 0 Å². The minimum atomic E-state index is -0.129. The van der Waals surface area contributed by atoms with Gasteiger partial charge in [0.25, 0.3) is 5.56 Å². The van der Waals surface area contributed by atoms with Crippen LogP contribution in [0.1, 0.15) is 0 Å². The normalized spacial score (nSPS) is 10.5. The zero-order chi connectivity index (χ0) is 19.3. The van der Waals surface area contributed by atoms with Gasteiger partial charge in [-0.1, -0.05) is 60.7 Å². The molecule has 0 aliphatic rings. The highest BCUT2D eigenvalue weighted by molar-refractivity contribution is 5.71. The molecule has 1 aromatic heterocycles. The predicted octanol–water partition coefficient (Wildman–Crippen LogP) is 5.07. The Morgan fingerprint density at radius 1 is 0.714 bits per heavy atom. The van der Waals surface area contributed by atoms with Crippen LogP contribution in [0.5, 0.6) is 5.75 Å². The van der Waals surface area contributed by atoms with Gasteiger partial charge in [0.1, 0.15) is 5.75 Å². The number of rotatable bonds is 5. The molecule has 0 aliphatic carbocycles. The molecule has 0 unspecified atom stereocenters. The SMILES string of the molecule is COc1ccc(Nn2c(-c3ccccc3)cc(-c3ccccc3)cc2=O)cc1. The third-order valence-electron chi connectivity index (χ3n) is 4.54. The molecule has 3 aromatic carbocycles. The predicted molar refractivity (Wildman–Crippen MR) is 114 cm³/mol. The molecule has 4 aromatic rings. The third kappa shape index (κ3) is 3.67. The highest BCUT2D eigenvalue weighted by Crippen LogP contribution is 2.25. The van der Waals surface area contributed by atoms with Crippen molar-refractivity contribution in [1.29, 1.82) is 0 Å². The molecule has 138 valence electrons. The second kappa shape index (κ2) is 7.84. The van der Waals surface area contributed by atoms with Crippen LogP contribution in [-0.4, -0.2) is 11.8 Å². The van der Waals surface area contributed by atoms with E-state index in [4.69, 9.17) is 4.74 Å². The average Bonchev–Trinajstić information content (AvgIpc) is 2.76. The zero-order valence-electron chi connectivity index (χ0n) is 15.5. The average molecular weight is 368 g/mol. The first-order chi connectivity index (χ1) is 13.7. The fourth-order valence-electron chi connectivity index (χ4n) is 3.10. The molecule has 28 heavy (non-hydrogen) atoms. The quantitative estimate of drug-likeness (QED) is 0.535. The van der Waals surface area contributed by atoms with E-state index < -0.39 is 0 Å². The number of nitrogens with one attached hydrogen (secondary N) is 1. The standard InChI is InChI=1S/C24H20N2O2/c1-28-22-14-12-21(13-15-22)25-26-23(19-10-6-3-7-11-19)16-20(17-24(26)27)18-8-4-2-5-9-18/h2-17,25H,1H3. The fourth-order valence-corrected chi connectivity index (χ4v) is 3.10. The Hall–Kier alpha value is -3.79. The van der Waals surface area contributed by atoms with Crippen molar-refractivity contribution in [3.8, 4) is 28.1 Å². The first kappa shape index (κ1) is 17.6. The number of methoxy groups -OCH3 is 1. The van der Waals surface area contributed by atoms with Crippen LogP contribution in [0.2, 0.25) is 0 Å². The summed E-state index contributed by atoms with van der Waals surface area (Å²) in [7, 11) is 1.63. The summed E-state index contributed by atoms with van der Waals surface area (Å²) in [6.07, 6.45) is 0. The van der Waals surface area contributed by atoms with Crippen LogP contribution < -0.4 is 15.7 Å². The molecule has 4 rings (SSSR count). The van der Waals surface area contributed by atoms with Gasteiger partial charge >= 0.3 is 0 Å². The first-order valence-corrected chi connectivity index (χ1v) is 9.03. The van der Waals surface area contributed by atoms with Crippen molar-refractivity contribution in [2.24, 2.45) is 0 Å². The van der Waals surface area contributed by atoms with Gasteiger partial charge in [0.05, 0.1) is 18.5 Å². The maximum atomic E-state index is 13.0. The first-order valence-electron chi connectivity index (χ1n) is 9.03. The molecule has 0 spiro atoms. The van der Waals surface area contributed by atoms with E-state index in [1.54, 1.807) is 17.9 Å². The van der Waals surface area contributed by atoms with E-state index in [-0.39, 0.29) is 5.56 Å². The van der Waals surface area contributed by atoms with Crippen molar-refractivity contribution in [1.82, 2.24) is 4.68 Å². The lowest BCUT2D eigenvalue weighted by Gasteiger charge is -2.17. The number of pyridine rings is 1. The molecule has 1 heterocycles. The van der Waals surface area contributed by atoms with Crippen LogP contribution in [0.15, 0.2) is 102 Å². The molecular formula is C24H20N2O2. The van der Waals surface area contributed by atoms with Crippen LogP contribution in [0.4, 0.5) is 5.69 Å². The van der Waals surface area contributed by atoms with E-state index in [0.717, 1.165) is 33.8 Å². The number of aromatic nitrogens is 1. The van der Waals surface area contributed by atoms with Gasteiger partial charge in [-0.3, -0.25) is 10.2 Å². The number of hydrogen-bond donors (Lipinski definition) is 1. The maximum absolute atomic E-state index is 13.0. The molecule has 4 heteroatoms. The Bertz CT molecular complexity index is 1120. The summed E-state index contributed by atoms with van der Waals surface area (Å²) in [6.45, 7) is 0. The molecule has 1 N–H and O–H groups in total. The van der Waals surface area contributed by atoms with E-state index >= 15 is 0 Å². The van der Waals surface area contributed by atoms with Gasteiger partial charge in [0.15, 0.2) is 0 Å². The molecule has 0 atom stereocenters. The van der Waals surface area contributed by atoms with E-state index in [0.29, 0.717) is 0 Å². The second-order valence-corrected chi connectivity index (χ2v) is 6.38. The van der Waals surface area contributed by atoms with Gasteiger partial charge in [-0.15, -0.1) is 0 Å². The molecule has 0 amide bonds. The summed E-state index contributed by atoms with van der Waals surface area (Å²) in [5.41, 5.74) is 7.53. The molecule has 0 saturated carbocycles. The van der Waals surface area contributed by atoms with Crippen LogP contribution in [0.25, 0.3) is 22.4 Å². The minimum Gasteiger partial charge on any atom is -0.497 e. The topological polar surface area (TPSA) is 43.3 Å². The van der Waals surface area contributed by atoms with Crippen LogP contribution >= 0.6 is 0 Å². The van der Waals surface area contributed by atoms with Gasteiger partial charge in [-0.05, 0) is 41.5 Å². The second-order valence-electron chi connectivity index (χ2n) is 6.38. The third-order valence-corrected chi connectivity index (χ3v) is 4.54. The smallest absolute Gasteiger partial charge is 0.270 e. The number of anilines is 1. The Kier molecular flexibility index (Phi) is 4.93. The zero-order valence-corrected chi connectivity index (χ0v) is 15.5. The van der Waals surface area contributed by atoms with Gasteiger partial charge in [-0.25, -0.2) is 4.68 Å². The van der Waals surface area contributed by atoms with E-state index in [1.807, 2.05) is 91.0 Å². The fraction of sp³-hybridized carbons (Fsp3) is 0.0417. The number of hydrogen-bond acceptors (Lipinski definition) is 3. The molecule has 4 nitrogen and oxygen atoms in total. The highest BCUT2D eigenvalue weighted by atomic mass is 16.5. The monoisotopic (exact) mass is 368 g/mol. The number of ether oxygens (including phenoxy) is 1. The highest BCUT2D eigenvalue weighted by Gasteiger charge is 2.11. The summed E-state index contributed by atoms with van der Waals surface area (Å²) in [4.78, 5) is 13.0. The summed E-state index contributed by atoms with van der Waals surface area (Å²) in [5, 5.41) is 0. The summed E-state index contributed by atoms with van der Waals surface area (Å²) in [6, 6.07) is 31.0. The lowest BCUT2D eigenvalue weighted by atomic mass is 10.0. The molecule has 0 bridgehead atoms. The number of benzene rings is 3. The minimum absolute atomic E-state index is 0.129. The van der Waals surface area contributed by atoms with Gasteiger partial charge < -0.3 is 4.74 Å². The Morgan fingerprint density at radius 3 is 1.93 bits per heavy atom. The number of nitrogens with zero attached hydrogens (tertiary/aromatic N) is 1. The summed E-state index contributed by atoms with van der Waals surface area (Å²) >= 11 is 0. The molecule has 0 fully saturated rings. The maximum Gasteiger partial charge on any atom is 0.270 e. The van der Waals surface area contributed by atoms with Crippen LogP contribution in [-0.2, 0) is 0 Å². The van der Waals surface area contributed by atoms with E-state index in [2.05, 4.69) is 5.43 Å². The summed E-state index contributed by atoms with van der Waals surface area (Å²) in [5.74, 6) is 0.764. The Labute approximate surface area is 163 Å². The van der Waals surface area contributed by atoms with Gasteiger partial charge in [0, 0.05) is 11.6 Å². The summed E-state index contributed by atoms with van der Waals surface area (Å²) < 4.78 is 6.78. The van der Waals surface area contributed by atoms with Crippen molar-refractivity contribution in [3.05, 3.63) is 107 Å². The molecule has 0 aliphatic heterocycles. The molecular weight excluding hydrogens is 348 g/mol. The van der Waals surface area contributed by atoms with Crippen molar-refractivity contribution >= 4 is 5.69 Å². The van der Waals surface area contributed by atoms with E-state index in [1.165, 1.54) is 0 Å².